The van der Waals surface area contributed by atoms with E-state index in [0.717, 1.165) is 42.7 Å². The largest absolute Gasteiger partial charge is 0.362 e. The first kappa shape index (κ1) is 26.4. The van der Waals surface area contributed by atoms with Crippen molar-refractivity contribution in [2.24, 2.45) is 0 Å². The molecule has 37 heavy (non-hydrogen) atoms. The lowest BCUT2D eigenvalue weighted by Gasteiger charge is -2.33. The average molecular weight is 516 g/mol. The molecular formula is C30H34ClN5O. The van der Waals surface area contributed by atoms with Crippen LogP contribution in [0.4, 0.5) is 11.8 Å². The predicted molar refractivity (Wildman–Crippen MR) is 154 cm³/mol. The van der Waals surface area contributed by atoms with Crippen LogP contribution in [0.15, 0.2) is 84.9 Å². The fourth-order valence-electron chi connectivity index (χ4n) is 5.02. The SMILES string of the molecule is CN(C)c1nc(NC2CCN(C(=O)CC(c3ccccc3)c3ccccc3)CC2)nc2ccccc12.Cl. The third-order valence-electron chi connectivity index (χ3n) is 6.97. The predicted octanol–water partition coefficient (Wildman–Crippen LogP) is 5.74. The number of para-hydroxylation sites is 1. The minimum absolute atomic E-state index is 0. The van der Waals surface area contributed by atoms with E-state index in [9.17, 15) is 4.79 Å². The molecule has 0 spiro atoms. The second-order valence-corrected chi connectivity index (χ2v) is 9.66. The van der Waals surface area contributed by atoms with Crippen molar-refractivity contribution in [1.29, 1.82) is 0 Å². The van der Waals surface area contributed by atoms with Crippen molar-refractivity contribution in [3.8, 4) is 0 Å². The summed E-state index contributed by atoms with van der Waals surface area (Å²) >= 11 is 0. The van der Waals surface area contributed by atoms with Gasteiger partial charge >= 0.3 is 0 Å². The molecule has 4 aromatic rings. The van der Waals surface area contributed by atoms with Gasteiger partial charge in [-0.3, -0.25) is 4.79 Å². The number of carbonyl (C=O) groups is 1. The van der Waals surface area contributed by atoms with Crippen molar-refractivity contribution >= 4 is 41.0 Å². The molecule has 0 aliphatic carbocycles. The Morgan fingerprint density at radius 1 is 0.892 bits per heavy atom. The Balaban J connectivity index is 0.00000320. The zero-order chi connectivity index (χ0) is 24.9. The summed E-state index contributed by atoms with van der Waals surface area (Å²) in [7, 11) is 4.00. The average Bonchev–Trinajstić information content (AvgIpc) is 2.92. The maximum Gasteiger partial charge on any atom is 0.225 e. The zero-order valence-electron chi connectivity index (χ0n) is 21.4. The van der Waals surface area contributed by atoms with Crippen LogP contribution in [0.2, 0.25) is 0 Å². The quantitative estimate of drug-likeness (QED) is 0.340. The summed E-state index contributed by atoms with van der Waals surface area (Å²) in [5, 5.41) is 4.57. The van der Waals surface area contributed by atoms with Crippen molar-refractivity contribution in [1.82, 2.24) is 14.9 Å². The summed E-state index contributed by atoms with van der Waals surface area (Å²) in [5.74, 6) is 1.83. The molecule has 3 aromatic carbocycles. The van der Waals surface area contributed by atoms with E-state index in [2.05, 4.69) is 35.6 Å². The molecular weight excluding hydrogens is 482 g/mol. The topological polar surface area (TPSA) is 61.4 Å². The van der Waals surface area contributed by atoms with Crippen LogP contribution in [-0.2, 0) is 4.79 Å². The molecule has 0 unspecified atom stereocenters. The highest BCUT2D eigenvalue weighted by Crippen LogP contribution is 2.30. The first-order chi connectivity index (χ1) is 17.6. The van der Waals surface area contributed by atoms with E-state index in [4.69, 9.17) is 9.97 Å². The molecule has 0 bridgehead atoms. The molecule has 0 atom stereocenters. The summed E-state index contributed by atoms with van der Waals surface area (Å²) in [5.41, 5.74) is 3.29. The Hall–Kier alpha value is -3.64. The second kappa shape index (κ2) is 12.1. The van der Waals surface area contributed by atoms with Gasteiger partial charge in [0.1, 0.15) is 5.82 Å². The number of amides is 1. The highest BCUT2D eigenvalue weighted by atomic mass is 35.5. The molecule has 7 heteroatoms. The number of halogens is 1. The van der Waals surface area contributed by atoms with E-state index in [0.29, 0.717) is 12.4 Å². The maximum absolute atomic E-state index is 13.4. The maximum atomic E-state index is 13.4. The monoisotopic (exact) mass is 515 g/mol. The van der Waals surface area contributed by atoms with Gasteiger partial charge in [0, 0.05) is 51.0 Å². The summed E-state index contributed by atoms with van der Waals surface area (Å²) in [6, 6.07) is 29.0. The lowest BCUT2D eigenvalue weighted by molar-refractivity contribution is -0.132. The number of benzene rings is 3. The van der Waals surface area contributed by atoms with Gasteiger partial charge in [-0.15, -0.1) is 12.4 Å². The smallest absolute Gasteiger partial charge is 0.225 e. The summed E-state index contributed by atoms with van der Waals surface area (Å²) < 4.78 is 0. The number of aromatic nitrogens is 2. The third-order valence-corrected chi connectivity index (χ3v) is 6.97. The van der Waals surface area contributed by atoms with E-state index in [-0.39, 0.29) is 30.3 Å². The molecule has 2 heterocycles. The van der Waals surface area contributed by atoms with E-state index < -0.39 is 0 Å². The first-order valence-corrected chi connectivity index (χ1v) is 12.7. The number of hydrogen-bond acceptors (Lipinski definition) is 5. The Morgan fingerprint density at radius 3 is 2.05 bits per heavy atom. The van der Waals surface area contributed by atoms with Crippen molar-refractivity contribution < 1.29 is 4.79 Å². The number of nitrogens with zero attached hydrogens (tertiary/aromatic N) is 4. The Labute approximate surface area is 225 Å². The highest BCUT2D eigenvalue weighted by Gasteiger charge is 2.26. The van der Waals surface area contributed by atoms with E-state index in [1.807, 2.05) is 78.5 Å². The summed E-state index contributed by atoms with van der Waals surface area (Å²) in [4.78, 5) is 26.9. The number of likely N-dealkylation sites (tertiary alicyclic amines) is 1. The number of piperidine rings is 1. The molecule has 1 aliphatic rings. The third kappa shape index (κ3) is 6.20. The minimum atomic E-state index is 0. The van der Waals surface area contributed by atoms with E-state index in [1.165, 1.54) is 11.1 Å². The molecule has 1 fully saturated rings. The molecule has 6 nitrogen and oxygen atoms in total. The van der Waals surface area contributed by atoms with Crippen LogP contribution in [-0.4, -0.2) is 54.0 Å². The normalized spacial score (nSPS) is 13.9. The summed E-state index contributed by atoms with van der Waals surface area (Å²) in [6.45, 7) is 1.47. The van der Waals surface area contributed by atoms with Crippen LogP contribution in [0.5, 0.6) is 0 Å². The molecule has 0 radical (unpaired) electrons. The number of rotatable bonds is 7. The van der Waals surface area contributed by atoms with Gasteiger partial charge in [-0.1, -0.05) is 72.8 Å². The second-order valence-electron chi connectivity index (χ2n) is 9.66. The molecule has 1 N–H and O–H groups in total. The number of carbonyl (C=O) groups excluding carboxylic acids is 1. The van der Waals surface area contributed by atoms with Gasteiger partial charge < -0.3 is 15.1 Å². The molecule has 1 saturated heterocycles. The number of hydrogen-bond donors (Lipinski definition) is 1. The molecule has 1 amide bonds. The zero-order valence-corrected chi connectivity index (χ0v) is 22.2. The van der Waals surface area contributed by atoms with Crippen molar-refractivity contribution in [3.05, 3.63) is 96.1 Å². The fourth-order valence-corrected chi connectivity index (χ4v) is 5.02. The van der Waals surface area contributed by atoms with Gasteiger partial charge in [0.25, 0.3) is 0 Å². The number of anilines is 2. The van der Waals surface area contributed by atoms with Crippen molar-refractivity contribution in [3.63, 3.8) is 0 Å². The van der Waals surface area contributed by atoms with Crippen molar-refractivity contribution in [2.75, 3.05) is 37.4 Å². The van der Waals surface area contributed by atoms with E-state index in [1.54, 1.807) is 0 Å². The lowest BCUT2D eigenvalue weighted by atomic mass is 9.88. The van der Waals surface area contributed by atoms with Gasteiger partial charge in [-0.25, -0.2) is 4.98 Å². The van der Waals surface area contributed by atoms with Gasteiger partial charge in [0.15, 0.2) is 0 Å². The van der Waals surface area contributed by atoms with Crippen LogP contribution in [0, 0.1) is 0 Å². The van der Waals surface area contributed by atoms with Gasteiger partial charge in [-0.2, -0.15) is 4.98 Å². The molecule has 0 saturated carbocycles. The van der Waals surface area contributed by atoms with Gasteiger partial charge in [-0.05, 0) is 36.1 Å². The van der Waals surface area contributed by atoms with Crippen LogP contribution >= 0.6 is 12.4 Å². The Morgan fingerprint density at radius 2 is 1.46 bits per heavy atom. The van der Waals surface area contributed by atoms with Crippen LogP contribution in [0.3, 0.4) is 0 Å². The fraction of sp³-hybridized carbons (Fsp3) is 0.300. The summed E-state index contributed by atoms with van der Waals surface area (Å²) in [6.07, 6.45) is 2.23. The van der Waals surface area contributed by atoms with Crippen LogP contribution in [0.1, 0.15) is 36.3 Å². The first-order valence-electron chi connectivity index (χ1n) is 12.7. The van der Waals surface area contributed by atoms with Gasteiger partial charge in [0.2, 0.25) is 11.9 Å². The van der Waals surface area contributed by atoms with Crippen molar-refractivity contribution in [2.45, 2.75) is 31.2 Å². The van der Waals surface area contributed by atoms with E-state index >= 15 is 0 Å². The van der Waals surface area contributed by atoms with Gasteiger partial charge in [0.05, 0.1) is 5.52 Å². The molecule has 1 aliphatic heterocycles. The highest BCUT2D eigenvalue weighted by molar-refractivity contribution is 5.90. The lowest BCUT2D eigenvalue weighted by Crippen LogP contribution is -2.43. The minimum Gasteiger partial charge on any atom is -0.362 e. The van der Waals surface area contributed by atoms with Crippen LogP contribution in [0.25, 0.3) is 10.9 Å². The molecule has 1 aromatic heterocycles. The Kier molecular flexibility index (Phi) is 8.62. The molecule has 192 valence electrons. The Bertz CT molecular complexity index is 1270. The number of fused-ring (bicyclic) bond motifs is 1. The molecule has 5 rings (SSSR count). The standard InChI is InChI=1S/C30H33N5O.ClH/c1-34(2)29-25-15-9-10-16-27(25)32-30(33-29)31-24-17-19-35(20-18-24)28(36)21-26(22-11-5-3-6-12-22)23-13-7-4-8-14-23;/h3-16,24,26H,17-21H2,1-2H3,(H,31,32,33);1H. The number of nitrogens with one attached hydrogen (secondary N) is 1. The van der Waals surface area contributed by atoms with Crippen LogP contribution < -0.4 is 10.2 Å².